The van der Waals surface area contributed by atoms with Gasteiger partial charge in [0.05, 0.1) is 23.7 Å². The molecule has 0 atom stereocenters. The maximum Gasteiger partial charge on any atom is 0.397 e. The lowest BCUT2D eigenvalue weighted by Crippen LogP contribution is -2.24. The van der Waals surface area contributed by atoms with Gasteiger partial charge in [0.15, 0.2) is 16.8 Å². The molecule has 2 aromatic heterocycles. The highest BCUT2D eigenvalue weighted by atomic mass is 32.1. The van der Waals surface area contributed by atoms with Crippen molar-refractivity contribution in [1.29, 1.82) is 0 Å². The first-order chi connectivity index (χ1) is 15.6. The molecule has 33 heavy (non-hydrogen) atoms. The standard InChI is InChI=1S/C21H19F4N3O2S.C2H6/c1-4-5-21(24,25)30-16-7-13(11(2)6-12(16)3)17-10-27-20(31-17)28-19(29)18-14(22)8-26-9-15(18)23;1-2/h6-10H,4-5H2,1-3H3,(H,27,28,29);1-2H3. The van der Waals surface area contributed by atoms with Crippen LogP contribution in [-0.4, -0.2) is 22.0 Å². The summed E-state index contributed by atoms with van der Waals surface area (Å²) in [4.78, 5) is 20.2. The fourth-order valence-electron chi connectivity index (χ4n) is 2.96. The third kappa shape index (κ3) is 6.50. The molecule has 0 unspecified atom stereocenters. The van der Waals surface area contributed by atoms with Crippen LogP contribution in [0.5, 0.6) is 5.75 Å². The largest absolute Gasteiger partial charge is 0.432 e. The molecule has 0 saturated carbocycles. The van der Waals surface area contributed by atoms with Crippen molar-refractivity contribution in [2.75, 3.05) is 5.32 Å². The number of thiazole rings is 1. The maximum absolute atomic E-state index is 14.0. The fraction of sp³-hybridized carbons (Fsp3) is 0.348. The number of amides is 1. The number of carbonyl (C=O) groups is 1. The van der Waals surface area contributed by atoms with Crippen molar-refractivity contribution in [2.24, 2.45) is 0 Å². The summed E-state index contributed by atoms with van der Waals surface area (Å²) in [7, 11) is 0. The third-order valence-corrected chi connectivity index (χ3v) is 5.34. The predicted molar refractivity (Wildman–Crippen MR) is 121 cm³/mol. The molecule has 2 heterocycles. The smallest absolute Gasteiger partial charge is 0.397 e. The number of halogens is 4. The van der Waals surface area contributed by atoms with Crippen LogP contribution in [0.4, 0.5) is 22.7 Å². The van der Waals surface area contributed by atoms with E-state index >= 15 is 0 Å². The van der Waals surface area contributed by atoms with E-state index in [9.17, 15) is 22.4 Å². The van der Waals surface area contributed by atoms with E-state index in [1.807, 2.05) is 13.8 Å². The van der Waals surface area contributed by atoms with Crippen molar-refractivity contribution >= 4 is 22.4 Å². The van der Waals surface area contributed by atoms with Crippen LogP contribution in [0.15, 0.2) is 30.7 Å². The summed E-state index contributed by atoms with van der Waals surface area (Å²) in [5.41, 5.74) is 1.16. The highest BCUT2D eigenvalue weighted by Crippen LogP contribution is 2.37. The molecule has 0 aliphatic carbocycles. The minimum atomic E-state index is -3.29. The van der Waals surface area contributed by atoms with Gasteiger partial charge in [-0.2, -0.15) is 8.78 Å². The molecule has 3 aromatic rings. The highest BCUT2D eigenvalue weighted by Gasteiger charge is 2.31. The summed E-state index contributed by atoms with van der Waals surface area (Å²) in [6.45, 7) is 9.11. The SMILES string of the molecule is CC.CCCC(F)(F)Oc1cc(-c2cnc(NC(=O)c3c(F)cncc3F)s2)c(C)cc1C. The number of pyridine rings is 1. The topological polar surface area (TPSA) is 64.1 Å². The second-order valence-electron chi connectivity index (χ2n) is 6.88. The zero-order valence-electron chi connectivity index (χ0n) is 18.9. The molecule has 1 aromatic carbocycles. The monoisotopic (exact) mass is 483 g/mol. The van der Waals surface area contributed by atoms with Crippen LogP contribution in [0, 0.1) is 25.5 Å². The van der Waals surface area contributed by atoms with Crippen molar-refractivity contribution in [3.8, 4) is 16.2 Å². The number of nitrogens with zero attached hydrogens (tertiary/aromatic N) is 2. The number of hydrogen-bond donors (Lipinski definition) is 1. The first kappa shape index (κ1) is 26.2. The van der Waals surface area contributed by atoms with E-state index in [0.717, 1.165) is 29.3 Å². The van der Waals surface area contributed by atoms with Gasteiger partial charge in [-0.05, 0) is 43.0 Å². The Hall–Kier alpha value is -3.01. The second kappa shape index (κ2) is 11.2. The lowest BCUT2D eigenvalue weighted by atomic mass is 10.0. The normalized spacial score (nSPS) is 10.9. The molecule has 5 nitrogen and oxygen atoms in total. The third-order valence-electron chi connectivity index (χ3n) is 4.39. The van der Waals surface area contributed by atoms with Crippen molar-refractivity contribution < 1.29 is 27.1 Å². The molecule has 10 heteroatoms. The van der Waals surface area contributed by atoms with Crippen LogP contribution < -0.4 is 10.1 Å². The van der Waals surface area contributed by atoms with E-state index in [2.05, 4.69) is 15.3 Å². The number of aryl methyl sites for hydroxylation is 2. The number of benzene rings is 1. The van der Waals surface area contributed by atoms with Gasteiger partial charge in [-0.15, -0.1) is 0 Å². The van der Waals surface area contributed by atoms with E-state index in [1.54, 1.807) is 26.8 Å². The van der Waals surface area contributed by atoms with Crippen LogP contribution in [-0.2, 0) is 0 Å². The summed E-state index contributed by atoms with van der Waals surface area (Å²) in [5.74, 6) is -3.17. The Bertz CT molecular complexity index is 1100. The Labute approximate surface area is 193 Å². The van der Waals surface area contributed by atoms with Crippen molar-refractivity contribution in [2.45, 2.75) is 53.6 Å². The van der Waals surface area contributed by atoms with Gasteiger partial charge in [-0.1, -0.05) is 38.2 Å². The van der Waals surface area contributed by atoms with E-state index < -0.39 is 35.6 Å². The second-order valence-corrected chi connectivity index (χ2v) is 7.91. The van der Waals surface area contributed by atoms with Gasteiger partial charge in [-0.25, -0.2) is 13.8 Å². The summed E-state index contributed by atoms with van der Waals surface area (Å²) in [6, 6.07) is 3.21. The van der Waals surface area contributed by atoms with Gasteiger partial charge < -0.3 is 4.74 Å². The Kier molecular flexibility index (Phi) is 8.92. The number of nitrogens with one attached hydrogen (secondary N) is 1. The van der Waals surface area contributed by atoms with Crippen LogP contribution in [0.2, 0.25) is 0 Å². The molecular formula is C23H25F4N3O2S. The molecule has 0 radical (unpaired) electrons. The molecule has 1 amide bonds. The van der Waals surface area contributed by atoms with Crippen molar-refractivity contribution in [3.63, 3.8) is 0 Å². The average Bonchev–Trinajstić information content (AvgIpc) is 3.19. The van der Waals surface area contributed by atoms with E-state index in [1.165, 1.54) is 12.3 Å². The highest BCUT2D eigenvalue weighted by molar-refractivity contribution is 7.19. The summed E-state index contributed by atoms with van der Waals surface area (Å²) >= 11 is 1.03. The molecule has 0 bridgehead atoms. The minimum absolute atomic E-state index is 0.0407. The average molecular weight is 484 g/mol. The number of anilines is 1. The van der Waals surface area contributed by atoms with Gasteiger partial charge >= 0.3 is 6.11 Å². The number of carbonyl (C=O) groups excluding carboxylic acids is 1. The molecule has 0 saturated heterocycles. The Morgan fingerprint density at radius 2 is 1.73 bits per heavy atom. The molecule has 178 valence electrons. The summed E-state index contributed by atoms with van der Waals surface area (Å²) in [5, 5.41) is 2.43. The van der Waals surface area contributed by atoms with Gasteiger partial charge in [0.25, 0.3) is 5.91 Å². The van der Waals surface area contributed by atoms with Crippen LogP contribution >= 0.6 is 11.3 Å². The molecule has 0 aliphatic rings. The Balaban J connectivity index is 0.00000187. The minimum Gasteiger partial charge on any atom is -0.432 e. The van der Waals surface area contributed by atoms with Gasteiger partial charge in [0.1, 0.15) is 11.3 Å². The Morgan fingerprint density at radius 3 is 2.33 bits per heavy atom. The summed E-state index contributed by atoms with van der Waals surface area (Å²) in [6.07, 6.45) is -0.536. The van der Waals surface area contributed by atoms with Crippen LogP contribution in [0.1, 0.15) is 55.1 Å². The molecule has 0 aliphatic heterocycles. The number of rotatable bonds is 7. The lowest BCUT2D eigenvalue weighted by Gasteiger charge is -2.20. The number of hydrogen-bond acceptors (Lipinski definition) is 5. The van der Waals surface area contributed by atoms with Gasteiger partial charge in [-0.3, -0.25) is 15.1 Å². The molecule has 3 rings (SSSR count). The quantitative estimate of drug-likeness (QED) is 0.363. The predicted octanol–water partition coefficient (Wildman–Crippen LogP) is 7.15. The zero-order valence-corrected chi connectivity index (χ0v) is 19.7. The maximum atomic E-state index is 14.0. The number of alkyl halides is 2. The molecule has 0 fully saturated rings. The van der Waals surface area contributed by atoms with Crippen molar-refractivity contribution in [3.05, 3.63) is 59.0 Å². The van der Waals surface area contributed by atoms with Gasteiger partial charge in [0.2, 0.25) is 0 Å². The Morgan fingerprint density at radius 1 is 1.09 bits per heavy atom. The first-order valence-electron chi connectivity index (χ1n) is 10.4. The molecular weight excluding hydrogens is 458 g/mol. The first-order valence-corrected chi connectivity index (χ1v) is 11.2. The zero-order chi connectivity index (χ0) is 24.8. The fourth-order valence-corrected chi connectivity index (χ4v) is 3.85. The molecule has 1 N–H and O–H groups in total. The van der Waals surface area contributed by atoms with E-state index in [4.69, 9.17) is 4.74 Å². The molecule has 0 spiro atoms. The van der Waals surface area contributed by atoms with Crippen molar-refractivity contribution in [1.82, 2.24) is 9.97 Å². The number of aromatic nitrogens is 2. The number of ether oxygens (including phenoxy) is 1. The summed E-state index contributed by atoms with van der Waals surface area (Å²) < 4.78 is 60.3. The van der Waals surface area contributed by atoms with E-state index in [0.29, 0.717) is 16.0 Å². The van der Waals surface area contributed by atoms with E-state index in [-0.39, 0.29) is 17.3 Å². The van der Waals surface area contributed by atoms with Crippen LogP contribution in [0.3, 0.4) is 0 Å². The van der Waals surface area contributed by atoms with Crippen LogP contribution in [0.25, 0.3) is 10.4 Å². The lowest BCUT2D eigenvalue weighted by molar-refractivity contribution is -0.180. The van der Waals surface area contributed by atoms with Gasteiger partial charge in [0, 0.05) is 6.20 Å².